The number of ketones is 1. The van der Waals surface area contributed by atoms with Crippen LogP contribution in [-0.2, 0) is 9.59 Å². The minimum atomic E-state index is -1.27. The molecule has 0 radical (unpaired) electrons. The Kier molecular flexibility index (Phi) is 8.29. The summed E-state index contributed by atoms with van der Waals surface area (Å²) in [4.78, 5) is 55.6. The van der Waals surface area contributed by atoms with Gasteiger partial charge >= 0.3 is 0 Å². The largest absolute Gasteiger partial charge is 0.497 e. The summed E-state index contributed by atoms with van der Waals surface area (Å²) in [6, 6.07) is 16.3. The van der Waals surface area contributed by atoms with Gasteiger partial charge in [0, 0.05) is 22.8 Å². The number of carbonyl (C=O) groups is 4. The number of aliphatic hydroxyl groups is 1. The van der Waals surface area contributed by atoms with Crippen molar-refractivity contribution in [3.63, 3.8) is 0 Å². The molecule has 1 unspecified atom stereocenters. The van der Waals surface area contributed by atoms with Crippen LogP contribution in [0.2, 0.25) is 0 Å². The van der Waals surface area contributed by atoms with Gasteiger partial charge in [-0.15, -0.1) is 0 Å². The van der Waals surface area contributed by atoms with Gasteiger partial charge in [0.15, 0.2) is 5.78 Å². The van der Waals surface area contributed by atoms with Crippen molar-refractivity contribution in [2.45, 2.75) is 32.2 Å². The number of nitrogens with two attached hydrogens (primary N) is 1. The first-order valence-corrected chi connectivity index (χ1v) is 13.7. The highest BCUT2D eigenvalue weighted by molar-refractivity contribution is 6.13. The van der Waals surface area contributed by atoms with E-state index in [-0.39, 0.29) is 18.9 Å². The van der Waals surface area contributed by atoms with Gasteiger partial charge in [0.1, 0.15) is 17.5 Å². The molecule has 11 nitrogen and oxygen atoms in total. The number of nitrogens with one attached hydrogen (secondary N) is 1. The van der Waals surface area contributed by atoms with E-state index in [0.717, 1.165) is 0 Å². The lowest BCUT2D eigenvalue weighted by atomic mass is 10.0. The zero-order valence-corrected chi connectivity index (χ0v) is 23.9. The Morgan fingerprint density at radius 3 is 2.40 bits per heavy atom. The number of hydrogen-bond acceptors (Lipinski definition) is 8. The standard InChI is InChI=1S/C32H32N4O7/c1-18(33)30(39)34-25-17-36(31(40)21-10-8-20(9-11-21)19(2)37)27-7-5-4-6-26(27)35(32(25)41)16-22-14-29(38)43-28-15-23(42-3)12-13-24(22)28/h4-15,18,25,29,38H,16-17,33H2,1-3H3,(H,34,39)/t18-,25-,29?/m0/s1. The molecule has 0 aliphatic carbocycles. The highest BCUT2D eigenvalue weighted by atomic mass is 16.6. The van der Waals surface area contributed by atoms with Crippen LogP contribution >= 0.6 is 0 Å². The number of aliphatic hydroxyl groups excluding tert-OH is 1. The van der Waals surface area contributed by atoms with E-state index in [9.17, 15) is 24.3 Å². The number of para-hydroxylation sites is 2. The van der Waals surface area contributed by atoms with E-state index in [1.165, 1.54) is 36.8 Å². The summed E-state index contributed by atoms with van der Waals surface area (Å²) in [5.74, 6) is -0.664. The Morgan fingerprint density at radius 1 is 1.07 bits per heavy atom. The number of anilines is 2. The van der Waals surface area contributed by atoms with Crippen molar-refractivity contribution in [2.75, 3.05) is 30.0 Å². The van der Waals surface area contributed by atoms with Crippen LogP contribution in [0.15, 0.2) is 72.8 Å². The fraction of sp³-hybridized carbons (Fsp3) is 0.250. The Morgan fingerprint density at radius 2 is 1.74 bits per heavy atom. The Balaban J connectivity index is 1.58. The summed E-state index contributed by atoms with van der Waals surface area (Å²) in [5, 5.41) is 13.2. The van der Waals surface area contributed by atoms with Gasteiger partial charge < -0.3 is 35.4 Å². The molecule has 3 aromatic rings. The fourth-order valence-electron chi connectivity index (χ4n) is 5.08. The molecule has 2 aliphatic rings. The quantitative estimate of drug-likeness (QED) is 0.359. The van der Waals surface area contributed by atoms with E-state index >= 15 is 0 Å². The number of methoxy groups -OCH3 is 1. The third-order valence-corrected chi connectivity index (χ3v) is 7.36. The van der Waals surface area contributed by atoms with E-state index in [2.05, 4.69) is 5.32 Å². The SMILES string of the molecule is COc1ccc2c(c1)OC(O)C=C2CN1C(=O)[C@@H](NC(=O)[C@H](C)N)CN(C(=O)c2ccc(C(C)=O)cc2)c2ccccc21. The van der Waals surface area contributed by atoms with Crippen molar-refractivity contribution in [1.82, 2.24) is 5.32 Å². The number of carbonyl (C=O) groups excluding carboxylic acids is 4. The smallest absolute Gasteiger partial charge is 0.258 e. The number of Topliss-reactive ketones (excluding diaryl/α,β-unsaturated/α-hetero) is 1. The summed E-state index contributed by atoms with van der Waals surface area (Å²) < 4.78 is 10.9. The number of hydrogen-bond donors (Lipinski definition) is 3. The molecule has 0 saturated carbocycles. The number of ether oxygens (including phenoxy) is 2. The predicted molar refractivity (Wildman–Crippen MR) is 160 cm³/mol. The first-order chi connectivity index (χ1) is 20.6. The van der Waals surface area contributed by atoms with Gasteiger partial charge in [-0.2, -0.15) is 0 Å². The maximum Gasteiger partial charge on any atom is 0.258 e. The summed E-state index contributed by atoms with van der Waals surface area (Å²) in [5.41, 5.74) is 8.69. The van der Waals surface area contributed by atoms with Crippen molar-refractivity contribution < 1.29 is 33.8 Å². The van der Waals surface area contributed by atoms with Gasteiger partial charge in [0.2, 0.25) is 12.2 Å². The Labute approximate surface area is 248 Å². The number of rotatable bonds is 7. The van der Waals surface area contributed by atoms with Gasteiger partial charge in [-0.05, 0) is 61.9 Å². The van der Waals surface area contributed by atoms with Crippen LogP contribution in [-0.4, -0.2) is 67.2 Å². The topological polar surface area (TPSA) is 151 Å². The Bertz CT molecular complexity index is 1620. The maximum absolute atomic E-state index is 14.2. The lowest BCUT2D eigenvalue weighted by molar-refractivity contribution is -0.127. The molecule has 3 amide bonds. The van der Waals surface area contributed by atoms with Crippen LogP contribution < -0.4 is 30.3 Å². The zero-order valence-electron chi connectivity index (χ0n) is 23.9. The predicted octanol–water partition coefficient (Wildman–Crippen LogP) is 2.52. The van der Waals surface area contributed by atoms with Crippen LogP contribution in [0.25, 0.3) is 5.57 Å². The van der Waals surface area contributed by atoms with Crippen LogP contribution in [0.1, 0.15) is 40.1 Å². The lowest BCUT2D eigenvalue weighted by Gasteiger charge is -2.29. The summed E-state index contributed by atoms with van der Waals surface area (Å²) in [7, 11) is 1.52. The Hall–Kier alpha value is -5.00. The molecule has 11 heteroatoms. The van der Waals surface area contributed by atoms with E-state index in [1.807, 2.05) is 0 Å². The summed E-state index contributed by atoms with van der Waals surface area (Å²) in [6.07, 6.45) is 0.238. The normalized spacial score (nSPS) is 18.3. The number of nitrogens with zero attached hydrogens (tertiary/aromatic N) is 2. The van der Waals surface area contributed by atoms with Gasteiger partial charge in [0.05, 0.1) is 37.6 Å². The number of benzene rings is 3. The van der Waals surface area contributed by atoms with E-state index < -0.39 is 36.1 Å². The van der Waals surface area contributed by atoms with E-state index in [4.69, 9.17) is 15.2 Å². The molecule has 0 fully saturated rings. The summed E-state index contributed by atoms with van der Waals surface area (Å²) >= 11 is 0. The van der Waals surface area contributed by atoms with E-state index in [0.29, 0.717) is 45.1 Å². The first kappa shape index (κ1) is 29.5. The number of amides is 3. The fourth-order valence-corrected chi connectivity index (χ4v) is 5.08. The molecule has 3 aromatic carbocycles. The van der Waals surface area contributed by atoms with Crippen LogP contribution in [0.3, 0.4) is 0 Å². The molecule has 0 spiro atoms. The molecule has 3 atom stereocenters. The molecular formula is C32H32N4O7. The van der Waals surface area contributed by atoms with E-state index in [1.54, 1.807) is 66.7 Å². The highest BCUT2D eigenvalue weighted by Crippen LogP contribution is 2.39. The monoisotopic (exact) mass is 584 g/mol. The summed E-state index contributed by atoms with van der Waals surface area (Å²) in [6.45, 7) is 2.77. The minimum Gasteiger partial charge on any atom is -0.497 e. The second-order valence-corrected chi connectivity index (χ2v) is 10.4. The first-order valence-electron chi connectivity index (χ1n) is 13.7. The van der Waals surface area contributed by atoms with Crippen LogP contribution in [0.4, 0.5) is 11.4 Å². The van der Waals surface area contributed by atoms with Crippen LogP contribution in [0, 0.1) is 0 Å². The van der Waals surface area contributed by atoms with Gasteiger partial charge in [-0.3, -0.25) is 19.2 Å². The van der Waals surface area contributed by atoms with Crippen molar-refractivity contribution in [3.05, 3.63) is 89.5 Å². The van der Waals surface area contributed by atoms with Crippen molar-refractivity contribution in [3.8, 4) is 11.5 Å². The van der Waals surface area contributed by atoms with Crippen molar-refractivity contribution in [1.29, 1.82) is 0 Å². The van der Waals surface area contributed by atoms with Crippen molar-refractivity contribution >= 4 is 40.5 Å². The molecule has 0 saturated heterocycles. The second kappa shape index (κ2) is 12.1. The van der Waals surface area contributed by atoms with Gasteiger partial charge in [-0.25, -0.2) is 0 Å². The molecule has 2 heterocycles. The third kappa shape index (κ3) is 5.99. The zero-order chi connectivity index (χ0) is 30.8. The molecule has 5 rings (SSSR count). The molecule has 0 bridgehead atoms. The van der Waals surface area contributed by atoms with Crippen LogP contribution in [0.5, 0.6) is 11.5 Å². The van der Waals surface area contributed by atoms with Crippen molar-refractivity contribution in [2.24, 2.45) is 5.73 Å². The third-order valence-electron chi connectivity index (χ3n) is 7.36. The lowest BCUT2D eigenvalue weighted by Crippen LogP contribution is -2.55. The molecular weight excluding hydrogens is 552 g/mol. The average Bonchev–Trinajstić information content (AvgIpc) is 3.11. The minimum absolute atomic E-state index is 0.00448. The molecule has 43 heavy (non-hydrogen) atoms. The average molecular weight is 585 g/mol. The molecule has 222 valence electrons. The molecule has 4 N–H and O–H groups in total. The molecule has 0 aromatic heterocycles. The molecule has 2 aliphatic heterocycles. The highest BCUT2D eigenvalue weighted by Gasteiger charge is 2.38. The second-order valence-electron chi connectivity index (χ2n) is 10.4. The number of fused-ring (bicyclic) bond motifs is 2. The maximum atomic E-state index is 14.2. The van der Waals surface area contributed by atoms with Gasteiger partial charge in [0.25, 0.3) is 11.8 Å². The van der Waals surface area contributed by atoms with Gasteiger partial charge in [-0.1, -0.05) is 24.3 Å².